The van der Waals surface area contributed by atoms with Gasteiger partial charge in [0.25, 0.3) is 17.5 Å². The number of carbonyl (C=O) groups excluding carboxylic acids is 2. The van der Waals surface area contributed by atoms with Crippen molar-refractivity contribution in [2.45, 2.75) is 13.5 Å². The maximum absolute atomic E-state index is 12.6. The van der Waals surface area contributed by atoms with Gasteiger partial charge < -0.3 is 4.42 Å². The van der Waals surface area contributed by atoms with Crippen molar-refractivity contribution < 1.29 is 18.9 Å². The van der Waals surface area contributed by atoms with E-state index < -0.39 is 16.7 Å². The third-order valence-electron chi connectivity index (χ3n) is 4.34. The predicted molar refractivity (Wildman–Crippen MR) is 94.0 cm³/mol. The summed E-state index contributed by atoms with van der Waals surface area (Å²) in [5, 5.41) is 11.2. The molecular formula is C19H13N3O5. The van der Waals surface area contributed by atoms with Crippen LogP contribution >= 0.6 is 0 Å². The average molecular weight is 363 g/mol. The van der Waals surface area contributed by atoms with Gasteiger partial charge in [0.2, 0.25) is 5.89 Å². The molecule has 2 aromatic carbocycles. The molecule has 0 aliphatic carbocycles. The Morgan fingerprint density at radius 3 is 2.56 bits per heavy atom. The molecule has 134 valence electrons. The monoisotopic (exact) mass is 363 g/mol. The summed E-state index contributed by atoms with van der Waals surface area (Å²) in [5.41, 5.74) is 1.70. The lowest BCUT2D eigenvalue weighted by Gasteiger charge is -2.10. The van der Waals surface area contributed by atoms with Crippen molar-refractivity contribution in [1.82, 2.24) is 9.88 Å². The summed E-state index contributed by atoms with van der Waals surface area (Å²) < 4.78 is 5.44. The Balaban J connectivity index is 1.62. The zero-order valence-electron chi connectivity index (χ0n) is 14.2. The Kier molecular flexibility index (Phi) is 3.80. The Bertz CT molecular complexity index is 1080. The number of fused-ring (bicyclic) bond motifs is 1. The fraction of sp³-hybridized carbons (Fsp3) is 0.105. The summed E-state index contributed by atoms with van der Waals surface area (Å²) in [6.45, 7) is 1.84. The van der Waals surface area contributed by atoms with Crippen molar-refractivity contribution in [3.63, 3.8) is 0 Å². The molecule has 0 unspecified atom stereocenters. The molecule has 0 N–H and O–H groups in total. The van der Waals surface area contributed by atoms with Gasteiger partial charge in [-0.3, -0.25) is 24.6 Å². The van der Waals surface area contributed by atoms with Gasteiger partial charge in [-0.1, -0.05) is 23.8 Å². The number of aromatic nitrogens is 1. The Hall–Kier alpha value is -3.81. The van der Waals surface area contributed by atoms with Crippen LogP contribution in [-0.2, 0) is 6.54 Å². The van der Waals surface area contributed by atoms with Gasteiger partial charge >= 0.3 is 0 Å². The van der Waals surface area contributed by atoms with Crippen molar-refractivity contribution in [1.29, 1.82) is 0 Å². The van der Waals surface area contributed by atoms with E-state index in [0.29, 0.717) is 11.6 Å². The van der Waals surface area contributed by atoms with Crippen LogP contribution in [0.2, 0.25) is 0 Å². The molecule has 1 aromatic heterocycles. The lowest BCUT2D eigenvalue weighted by Crippen LogP contribution is -2.29. The third kappa shape index (κ3) is 2.77. The second kappa shape index (κ2) is 6.17. The molecule has 0 radical (unpaired) electrons. The largest absolute Gasteiger partial charge is 0.444 e. The number of amides is 2. The second-order valence-electron chi connectivity index (χ2n) is 6.16. The highest BCUT2D eigenvalue weighted by atomic mass is 16.6. The fourth-order valence-corrected chi connectivity index (χ4v) is 2.98. The molecule has 1 aliphatic rings. The molecule has 3 aromatic rings. The van der Waals surface area contributed by atoms with Crippen LogP contribution in [0, 0.1) is 17.0 Å². The first kappa shape index (κ1) is 16.6. The summed E-state index contributed by atoms with van der Waals surface area (Å²) in [5.74, 6) is -0.923. The van der Waals surface area contributed by atoms with Crippen molar-refractivity contribution in [2.24, 2.45) is 0 Å². The summed E-state index contributed by atoms with van der Waals surface area (Å²) in [6.07, 6.45) is 1.37. The van der Waals surface area contributed by atoms with Crippen LogP contribution in [0.5, 0.6) is 0 Å². The molecule has 8 nitrogen and oxygen atoms in total. The average Bonchev–Trinajstić information content (AvgIpc) is 3.22. The molecule has 8 heteroatoms. The molecule has 2 heterocycles. The van der Waals surface area contributed by atoms with Gasteiger partial charge in [-0.05, 0) is 25.1 Å². The predicted octanol–water partition coefficient (Wildman–Crippen LogP) is 3.35. The molecule has 27 heavy (non-hydrogen) atoms. The molecule has 2 amide bonds. The lowest BCUT2D eigenvalue weighted by molar-refractivity contribution is -0.385. The molecule has 4 rings (SSSR count). The van der Waals surface area contributed by atoms with E-state index in [4.69, 9.17) is 4.42 Å². The Morgan fingerprint density at radius 2 is 1.85 bits per heavy atom. The Morgan fingerprint density at radius 1 is 1.11 bits per heavy atom. The van der Waals surface area contributed by atoms with Gasteiger partial charge in [-0.15, -0.1) is 0 Å². The molecule has 1 aliphatic heterocycles. The van der Waals surface area contributed by atoms with Crippen LogP contribution < -0.4 is 0 Å². The summed E-state index contributed by atoms with van der Waals surface area (Å²) in [4.78, 5) is 40.9. The van der Waals surface area contributed by atoms with Crippen LogP contribution in [0.4, 0.5) is 5.69 Å². The van der Waals surface area contributed by atoms with E-state index >= 15 is 0 Å². The number of carbonyl (C=O) groups is 2. The topological polar surface area (TPSA) is 107 Å². The standard InChI is InChI=1S/C19H13N3O5/c1-11-5-7-12(8-6-11)17-20-13(10-27-17)9-21-18(23)14-3-2-4-15(22(25)26)16(14)19(21)24/h2-8,10H,9H2,1H3. The maximum atomic E-state index is 12.6. The van der Waals surface area contributed by atoms with Gasteiger partial charge in [-0.2, -0.15) is 0 Å². The van der Waals surface area contributed by atoms with E-state index in [9.17, 15) is 19.7 Å². The highest BCUT2D eigenvalue weighted by Crippen LogP contribution is 2.31. The zero-order chi connectivity index (χ0) is 19.1. The number of hydrogen-bond acceptors (Lipinski definition) is 6. The second-order valence-corrected chi connectivity index (χ2v) is 6.16. The minimum absolute atomic E-state index is 0.0245. The van der Waals surface area contributed by atoms with Crippen LogP contribution in [0.15, 0.2) is 53.1 Å². The number of aryl methyl sites for hydroxylation is 1. The Labute approximate surface area is 153 Å². The number of nitrogens with zero attached hydrogens (tertiary/aromatic N) is 3. The van der Waals surface area contributed by atoms with Crippen LogP contribution in [0.25, 0.3) is 11.5 Å². The number of nitro groups is 1. The van der Waals surface area contributed by atoms with Gasteiger partial charge in [0.05, 0.1) is 22.7 Å². The van der Waals surface area contributed by atoms with E-state index in [1.165, 1.54) is 24.5 Å². The molecule has 0 saturated carbocycles. The number of imide groups is 1. The summed E-state index contributed by atoms with van der Waals surface area (Å²) >= 11 is 0. The first-order valence-electron chi connectivity index (χ1n) is 8.11. The van der Waals surface area contributed by atoms with Gasteiger partial charge in [0, 0.05) is 11.6 Å². The minimum atomic E-state index is -0.706. The molecule has 0 spiro atoms. The number of benzene rings is 2. The van der Waals surface area contributed by atoms with E-state index in [2.05, 4.69) is 4.98 Å². The van der Waals surface area contributed by atoms with Gasteiger partial charge in [-0.25, -0.2) is 4.98 Å². The number of hydrogen-bond donors (Lipinski definition) is 0. The molecular weight excluding hydrogens is 350 g/mol. The van der Waals surface area contributed by atoms with Crippen molar-refractivity contribution in [3.05, 3.63) is 81.2 Å². The number of rotatable bonds is 4. The van der Waals surface area contributed by atoms with Crippen molar-refractivity contribution >= 4 is 17.5 Å². The SMILES string of the molecule is Cc1ccc(-c2nc(CN3C(=O)c4cccc([N+](=O)[O-])c4C3=O)co2)cc1. The van der Waals surface area contributed by atoms with E-state index in [1.807, 2.05) is 31.2 Å². The zero-order valence-corrected chi connectivity index (χ0v) is 14.2. The van der Waals surface area contributed by atoms with E-state index in [1.54, 1.807) is 0 Å². The first-order chi connectivity index (χ1) is 13.0. The highest BCUT2D eigenvalue weighted by Gasteiger charge is 2.41. The molecule has 0 saturated heterocycles. The fourth-order valence-electron chi connectivity index (χ4n) is 2.98. The number of nitro benzene ring substituents is 1. The lowest BCUT2D eigenvalue weighted by atomic mass is 10.1. The minimum Gasteiger partial charge on any atom is -0.444 e. The van der Waals surface area contributed by atoms with Crippen LogP contribution in [0.1, 0.15) is 32.0 Å². The van der Waals surface area contributed by atoms with Crippen LogP contribution in [0.3, 0.4) is 0 Å². The van der Waals surface area contributed by atoms with Crippen LogP contribution in [-0.4, -0.2) is 26.6 Å². The number of oxazole rings is 1. The maximum Gasteiger partial charge on any atom is 0.282 e. The van der Waals surface area contributed by atoms with Crippen molar-refractivity contribution in [2.75, 3.05) is 0 Å². The first-order valence-corrected chi connectivity index (χ1v) is 8.11. The van der Waals surface area contributed by atoms with Gasteiger partial charge in [0.15, 0.2) is 0 Å². The summed E-state index contributed by atoms with van der Waals surface area (Å²) in [7, 11) is 0. The smallest absolute Gasteiger partial charge is 0.282 e. The quantitative estimate of drug-likeness (QED) is 0.400. The summed E-state index contributed by atoms with van der Waals surface area (Å²) in [6, 6.07) is 11.6. The third-order valence-corrected chi connectivity index (χ3v) is 4.34. The van der Waals surface area contributed by atoms with E-state index in [0.717, 1.165) is 16.0 Å². The van der Waals surface area contributed by atoms with Gasteiger partial charge in [0.1, 0.15) is 11.8 Å². The normalized spacial score (nSPS) is 13.1. The molecule has 0 atom stereocenters. The molecule has 0 fully saturated rings. The van der Waals surface area contributed by atoms with Crippen molar-refractivity contribution in [3.8, 4) is 11.5 Å². The molecule has 0 bridgehead atoms. The highest BCUT2D eigenvalue weighted by molar-refractivity contribution is 6.23. The van der Waals surface area contributed by atoms with E-state index in [-0.39, 0.29) is 23.4 Å².